The molecule has 3 aromatic heterocycles. The lowest BCUT2D eigenvalue weighted by Gasteiger charge is -2.11. The normalized spacial score (nSPS) is 11.3. The molecule has 4 nitrogen and oxygen atoms in total. The van der Waals surface area contributed by atoms with Crippen LogP contribution in [0.1, 0.15) is 0 Å². The second-order valence-corrected chi connectivity index (χ2v) is 16.1. The summed E-state index contributed by atoms with van der Waals surface area (Å²) in [6.07, 6.45) is 0. The summed E-state index contributed by atoms with van der Waals surface area (Å²) in [5.74, 6) is 1.42. The summed E-state index contributed by atoms with van der Waals surface area (Å²) in [4.78, 5) is 20.2. The van der Waals surface area contributed by atoms with Crippen LogP contribution in [0, 0.1) is 0 Å². The number of rotatable bonds is 8. The lowest BCUT2D eigenvalue weighted by atomic mass is 9.95. The van der Waals surface area contributed by atoms with Crippen molar-refractivity contribution < 1.29 is 0 Å². The van der Waals surface area contributed by atoms with Crippen molar-refractivity contribution in [3.05, 3.63) is 218 Å². The Labute approximate surface area is 358 Å². The lowest BCUT2D eigenvalue weighted by Crippen LogP contribution is -1.96. The van der Waals surface area contributed by atoms with E-state index in [1.54, 1.807) is 0 Å². The molecule has 0 spiro atoms. The summed E-state index contributed by atoms with van der Waals surface area (Å²) >= 11 is 1.84. The van der Waals surface area contributed by atoms with Gasteiger partial charge in [0.25, 0.3) is 0 Å². The molecule has 0 aliphatic heterocycles. The Morgan fingerprint density at radius 3 is 1.21 bits per heavy atom. The van der Waals surface area contributed by atoms with Gasteiger partial charge in [0, 0.05) is 53.6 Å². The third-order valence-electron chi connectivity index (χ3n) is 11.1. The first kappa shape index (κ1) is 36.2. The molecule has 286 valence electrons. The van der Waals surface area contributed by atoms with Gasteiger partial charge in [-0.3, -0.25) is 0 Å². The van der Waals surface area contributed by atoms with Crippen molar-refractivity contribution in [3.63, 3.8) is 0 Å². The van der Waals surface area contributed by atoms with Crippen molar-refractivity contribution in [3.8, 4) is 90.1 Å². The lowest BCUT2D eigenvalue weighted by molar-refractivity contribution is 1.18. The number of hydrogen-bond acceptors (Lipinski definition) is 5. The second-order valence-electron chi connectivity index (χ2n) is 15.0. The number of aromatic nitrogens is 4. The minimum Gasteiger partial charge on any atom is -0.228 e. The van der Waals surface area contributed by atoms with Gasteiger partial charge in [-0.1, -0.05) is 182 Å². The average Bonchev–Trinajstić information content (AvgIpc) is 3.73. The SMILES string of the molecule is c1ccc(-c2cc(-c3cccc(-c4ccc5c(c4)sc4cccc(-c6cccc(-c7cc(-c8ccccc8)nc(-c8ccccc8)n7)c6)c45)c3)nc(-c3ccccc3)n2)cc1. The molecule has 0 unspecified atom stereocenters. The number of fused-ring (bicyclic) bond motifs is 3. The summed E-state index contributed by atoms with van der Waals surface area (Å²) in [6.45, 7) is 0. The first-order chi connectivity index (χ1) is 30.2. The van der Waals surface area contributed by atoms with Crippen LogP contribution in [-0.4, -0.2) is 19.9 Å². The van der Waals surface area contributed by atoms with Crippen LogP contribution < -0.4 is 0 Å². The molecule has 0 radical (unpaired) electrons. The van der Waals surface area contributed by atoms with E-state index in [2.05, 4.69) is 158 Å². The summed E-state index contributed by atoms with van der Waals surface area (Å²) in [5, 5.41) is 2.51. The molecule has 61 heavy (non-hydrogen) atoms. The van der Waals surface area contributed by atoms with E-state index in [0.717, 1.165) is 72.8 Å². The molecule has 0 atom stereocenters. The Hall–Kier alpha value is -7.86. The van der Waals surface area contributed by atoms with E-state index >= 15 is 0 Å². The Bertz CT molecular complexity index is 3230. The number of benzene rings is 8. The highest BCUT2D eigenvalue weighted by Crippen LogP contribution is 2.42. The molecule has 0 aliphatic rings. The highest BCUT2D eigenvalue weighted by atomic mass is 32.1. The van der Waals surface area contributed by atoms with Gasteiger partial charge in [0.1, 0.15) is 0 Å². The smallest absolute Gasteiger partial charge is 0.160 e. The molecule has 8 aromatic carbocycles. The van der Waals surface area contributed by atoms with Crippen molar-refractivity contribution in [2.24, 2.45) is 0 Å². The third kappa shape index (κ3) is 7.18. The Kier molecular flexibility index (Phi) is 9.34. The molecule has 0 N–H and O–H groups in total. The van der Waals surface area contributed by atoms with E-state index in [-0.39, 0.29) is 0 Å². The van der Waals surface area contributed by atoms with E-state index < -0.39 is 0 Å². The van der Waals surface area contributed by atoms with E-state index in [0.29, 0.717) is 11.6 Å². The van der Waals surface area contributed by atoms with Crippen molar-refractivity contribution >= 4 is 31.5 Å². The molecule has 0 amide bonds. The summed E-state index contributed by atoms with van der Waals surface area (Å²) in [7, 11) is 0. The molecule has 0 fully saturated rings. The minimum absolute atomic E-state index is 0.709. The fraction of sp³-hybridized carbons (Fsp3) is 0. The van der Waals surface area contributed by atoms with Crippen molar-refractivity contribution in [2.45, 2.75) is 0 Å². The Morgan fingerprint density at radius 1 is 0.262 bits per heavy atom. The fourth-order valence-electron chi connectivity index (χ4n) is 8.09. The zero-order chi connectivity index (χ0) is 40.5. The fourth-order valence-corrected chi connectivity index (χ4v) is 9.26. The van der Waals surface area contributed by atoms with E-state index in [4.69, 9.17) is 19.9 Å². The number of hydrogen-bond donors (Lipinski definition) is 0. The number of thiophene rings is 1. The van der Waals surface area contributed by atoms with Gasteiger partial charge in [0.2, 0.25) is 0 Å². The molecular weight excluding hydrogens is 761 g/mol. The average molecular weight is 797 g/mol. The van der Waals surface area contributed by atoms with Crippen molar-refractivity contribution in [1.29, 1.82) is 0 Å². The maximum atomic E-state index is 5.12. The van der Waals surface area contributed by atoms with Crippen LogP contribution in [0.2, 0.25) is 0 Å². The molecule has 0 saturated heterocycles. The zero-order valence-electron chi connectivity index (χ0n) is 33.0. The van der Waals surface area contributed by atoms with Gasteiger partial charge in [0.05, 0.1) is 22.8 Å². The van der Waals surface area contributed by atoms with Gasteiger partial charge in [-0.25, -0.2) is 19.9 Å². The van der Waals surface area contributed by atoms with Crippen LogP contribution >= 0.6 is 11.3 Å². The molecular formula is C56H36N4S. The summed E-state index contributed by atoms with van der Waals surface area (Å²) in [6, 6.07) is 76.3. The quantitative estimate of drug-likeness (QED) is 0.154. The van der Waals surface area contributed by atoms with Crippen LogP contribution in [0.3, 0.4) is 0 Å². The molecule has 0 saturated carbocycles. The topological polar surface area (TPSA) is 51.6 Å². The molecule has 11 aromatic rings. The van der Waals surface area contributed by atoms with Gasteiger partial charge >= 0.3 is 0 Å². The van der Waals surface area contributed by atoms with Gasteiger partial charge in [-0.2, -0.15) is 0 Å². The predicted octanol–water partition coefficient (Wildman–Crippen LogP) is 15.0. The van der Waals surface area contributed by atoms with E-state index in [1.807, 2.05) is 72.0 Å². The zero-order valence-corrected chi connectivity index (χ0v) is 33.8. The van der Waals surface area contributed by atoms with Crippen molar-refractivity contribution in [1.82, 2.24) is 19.9 Å². The monoisotopic (exact) mass is 796 g/mol. The number of nitrogens with zero attached hydrogens (tertiary/aromatic N) is 4. The first-order valence-electron chi connectivity index (χ1n) is 20.4. The Morgan fingerprint density at radius 2 is 0.672 bits per heavy atom. The van der Waals surface area contributed by atoms with Gasteiger partial charge in [0.15, 0.2) is 11.6 Å². The molecule has 11 rings (SSSR count). The summed E-state index contributed by atoms with van der Waals surface area (Å²) < 4.78 is 2.50. The highest BCUT2D eigenvalue weighted by molar-refractivity contribution is 7.26. The van der Waals surface area contributed by atoms with Crippen molar-refractivity contribution in [2.75, 3.05) is 0 Å². The maximum absolute atomic E-state index is 5.12. The van der Waals surface area contributed by atoms with Gasteiger partial charge in [-0.05, 0) is 58.7 Å². The molecule has 5 heteroatoms. The standard InChI is InChI=1S/C56H36N4S/c1-5-16-37(17-6-1)48-35-50(59-55(57-48)39-20-9-3-10-21-39)44-26-13-24-41(32-44)42-30-31-47-53(34-42)61-52-29-15-28-46(54(47)52)43-25-14-27-45(33-43)51-36-49(38-18-7-2-8-19-38)58-56(60-51)40-22-11-4-12-23-40/h1-36H. The van der Waals surface area contributed by atoms with E-state index in [1.165, 1.54) is 25.7 Å². The maximum Gasteiger partial charge on any atom is 0.160 e. The van der Waals surface area contributed by atoms with Crippen LogP contribution in [-0.2, 0) is 0 Å². The largest absolute Gasteiger partial charge is 0.228 e. The van der Waals surface area contributed by atoms with Gasteiger partial charge < -0.3 is 0 Å². The second kappa shape index (κ2) is 15.7. The molecule has 3 heterocycles. The molecule has 0 aliphatic carbocycles. The Balaban J connectivity index is 0.970. The third-order valence-corrected chi connectivity index (χ3v) is 12.2. The summed E-state index contributed by atoms with van der Waals surface area (Å²) in [5.41, 5.74) is 14.4. The highest BCUT2D eigenvalue weighted by Gasteiger charge is 2.16. The first-order valence-corrected chi connectivity index (χ1v) is 21.2. The van der Waals surface area contributed by atoms with Crippen LogP contribution in [0.25, 0.3) is 110 Å². The van der Waals surface area contributed by atoms with E-state index in [9.17, 15) is 0 Å². The van der Waals surface area contributed by atoms with Crippen LogP contribution in [0.4, 0.5) is 0 Å². The molecule has 0 bridgehead atoms. The van der Waals surface area contributed by atoms with Gasteiger partial charge in [-0.15, -0.1) is 11.3 Å². The van der Waals surface area contributed by atoms with Crippen LogP contribution in [0.5, 0.6) is 0 Å². The van der Waals surface area contributed by atoms with Crippen LogP contribution in [0.15, 0.2) is 218 Å². The predicted molar refractivity (Wildman–Crippen MR) is 254 cm³/mol. The minimum atomic E-state index is 0.709.